The van der Waals surface area contributed by atoms with Gasteiger partial charge in [0.25, 0.3) is 0 Å². The maximum atomic E-state index is 13.3. The fraction of sp³-hybridized carbons (Fsp3) is 0.571. The van der Waals surface area contributed by atoms with E-state index in [9.17, 15) is 19.5 Å². The zero-order valence-electron chi connectivity index (χ0n) is 17.1. The van der Waals surface area contributed by atoms with Crippen molar-refractivity contribution in [1.29, 1.82) is 0 Å². The van der Waals surface area contributed by atoms with Gasteiger partial charge in [-0.25, -0.2) is 9.59 Å². The topological polar surface area (TPSA) is 87.2 Å². The Bertz CT molecular complexity index is 698. The minimum Gasteiger partial charge on any atom is -0.480 e. The van der Waals surface area contributed by atoms with E-state index in [0.29, 0.717) is 13.0 Å². The molecule has 2 amide bonds. The van der Waals surface area contributed by atoms with Crippen molar-refractivity contribution in [3.05, 3.63) is 35.9 Å². The number of nitrogens with zero attached hydrogens (tertiary/aromatic N) is 2. The highest BCUT2D eigenvalue weighted by Gasteiger charge is 2.39. The van der Waals surface area contributed by atoms with Crippen molar-refractivity contribution in [1.82, 2.24) is 9.80 Å². The molecule has 28 heavy (non-hydrogen) atoms. The van der Waals surface area contributed by atoms with Crippen LogP contribution < -0.4 is 0 Å². The molecular formula is C21H30N2O5. The number of likely N-dealkylation sites (tertiary alicyclic amines) is 1. The van der Waals surface area contributed by atoms with Crippen LogP contribution in [0.3, 0.4) is 0 Å². The summed E-state index contributed by atoms with van der Waals surface area (Å²) in [5, 5.41) is 9.53. The molecule has 1 N–H and O–H groups in total. The molecule has 0 spiro atoms. The second kappa shape index (κ2) is 9.08. The van der Waals surface area contributed by atoms with E-state index in [1.54, 1.807) is 20.8 Å². The van der Waals surface area contributed by atoms with Crippen molar-refractivity contribution in [2.75, 3.05) is 13.6 Å². The highest BCUT2D eigenvalue weighted by molar-refractivity contribution is 5.89. The summed E-state index contributed by atoms with van der Waals surface area (Å²) in [6.45, 7) is 5.66. The van der Waals surface area contributed by atoms with E-state index in [1.165, 1.54) is 16.8 Å². The van der Waals surface area contributed by atoms with Crippen LogP contribution in [0.5, 0.6) is 0 Å². The summed E-state index contributed by atoms with van der Waals surface area (Å²) < 4.78 is 5.43. The fourth-order valence-electron chi connectivity index (χ4n) is 3.33. The number of piperidine rings is 1. The van der Waals surface area contributed by atoms with Gasteiger partial charge in [0.2, 0.25) is 5.91 Å². The lowest BCUT2D eigenvalue weighted by Crippen LogP contribution is -2.56. The van der Waals surface area contributed by atoms with Crippen LogP contribution in [0.4, 0.5) is 4.79 Å². The number of hydrogen-bond acceptors (Lipinski definition) is 4. The maximum Gasteiger partial charge on any atom is 0.410 e. The van der Waals surface area contributed by atoms with Gasteiger partial charge >= 0.3 is 12.1 Å². The van der Waals surface area contributed by atoms with Gasteiger partial charge in [0.15, 0.2) is 0 Å². The molecule has 1 aliphatic rings. The lowest BCUT2D eigenvalue weighted by Gasteiger charge is -2.38. The summed E-state index contributed by atoms with van der Waals surface area (Å²) >= 11 is 0. The molecule has 7 nitrogen and oxygen atoms in total. The number of ether oxygens (including phenoxy) is 1. The van der Waals surface area contributed by atoms with Crippen LogP contribution in [0, 0.1) is 0 Å². The van der Waals surface area contributed by atoms with Crippen molar-refractivity contribution >= 4 is 18.0 Å². The van der Waals surface area contributed by atoms with Gasteiger partial charge in [-0.3, -0.25) is 9.69 Å². The summed E-state index contributed by atoms with van der Waals surface area (Å²) in [5.41, 5.74) is 0.195. The Balaban J connectivity index is 2.29. The molecule has 0 saturated carbocycles. The second-order valence-electron chi connectivity index (χ2n) is 8.18. The van der Waals surface area contributed by atoms with Gasteiger partial charge in [-0.15, -0.1) is 0 Å². The number of carboxylic acids is 1. The summed E-state index contributed by atoms with van der Waals surface area (Å²) in [7, 11) is 1.53. The Morgan fingerprint density at radius 2 is 1.86 bits per heavy atom. The molecule has 1 aromatic rings. The first-order valence-electron chi connectivity index (χ1n) is 9.63. The zero-order chi connectivity index (χ0) is 20.9. The van der Waals surface area contributed by atoms with E-state index < -0.39 is 29.7 Å². The minimum absolute atomic E-state index is 0.290. The SMILES string of the molecule is CN(C(=O)OC(C)(C)C)[C@@H](Cc1ccccc1)C(=O)N1CCCC[C@H]1C(=O)O. The number of likely N-dealkylation sites (N-methyl/N-ethyl adjacent to an activating group) is 1. The molecule has 154 valence electrons. The largest absolute Gasteiger partial charge is 0.480 e. The predicted molar refractivity (Wildman–Crippen MR) is 105 cm³/mol. The number of carboxylic acid groups (broad SMARTS) is 1. The first kappa shape index (κ1) is 21.7. The monoisotopic (exact) mass is 390 g/mol. The summed E-state index contributed by atoms with van der Waals surface area (Å²) in [6.07, 6.45) is 1.63. The molecule has 2 rings (SSSR count). The Kier molecular flexibility index (Phi) is 7.05. The average Bonchev–Trinajstić information content (AvgIpc) is 2.64. The van der Waals surface area contributed by atoms with Crippen molar-refractivity contribution < 1.29 is 24.2 Å². The molecular weight excluding hydrogens is 360 g/mol. The van der Waals surface area contributed by atoms with Gasteiger partial charge in [-0.1, -0.05) is 30.3 Å². The maximum absolute atomic E-state index is 13.3. The van der Waals surface area contributed by atoms with Gasteiger partial charge < -0.3 is 14.7 Å². The summed E-state index contributed by atoms with van der Waals surface area (Å²) in [5.74, 6) is -1.37. The van der Waals surface area contributed by atoms with Gasteiger partial charge in [0, 0.05) is 20.0 Å². The second-order valence-corrected chi connectivity index (χ2v) is 8.18. The van der Waals surface area contributed by atoms with E-state index in [0.717, 1.165) is 18.4 Å². The number of carbonyl (C=O) groups is 3. The number of aliphatic carboxylic acids is 1. The third-order valence-electron chi connectivity index (χ3n) is 4.78. The Morgan fingerprint density at radius 3 is 2.43 bits per heavy atom. The molecule has 1 saturated heterocycles. The number of rotatable bonds is 5. The van der Waals surface area contributed by atoms with Gasteiger partial charge in [0.1, 0.15) is 17.7 Å². The standard InChI is InChI=1S/C21H30N2O5/c1-21(2,3)28-20(27)22(4)17(14-15-10-6-5-7-11-15)18(24)23-13-9-8-12-16(23)19(25)26/h5-7,10-11,16-17H,8-9,12-14H2,1-4H3,(H,25,26)/t16-,17-/m0/s1. The highest BCUT2D eigenvalue weighted by Crippen LogP contribution is 2.22. The van der Waals surface area contributed by atoms with Crippen LogP contribution in [-0.2, 0) is 20.7 Å². The van der Waals surface area contributed by atoms with Crippen molar-refractivity contribution in [2.24, 2.45) is 0 Å². The molecule has 7 heteroatoms. The Labute approximate surface area is 166 Å². The van der Waals surface area contributed by atoms with Crippen molar-refractivity contribution in [3.63, 3.8) is 0 Å². The third-order valence-corrected chi connectivity index (χ3v) is 4.78. The molecule has 0 bridgehead atoms. The zero-order valence-corrected chi connectivity index (χ0v) is 17.1. The molecule has 0 unspecified atom stereocenters. The number of carbonyl (C=O) groups excluding carboxylic acids is 2. The first-order chi connectivity index (χ1) is 13.1. The predicted octanol–water partition coefficient (Wildman–Crippen LogP) is 2.93. The quantitative estimate of drug-likeness (QED) is 0.835. The minimum atomic E-state index is -1.01. The van der Waals surface area contributed by atoms with Gasteiger partial charge in [-0.05, 0) is 45.6 Å². The molecule has 0 radical (unpaired) electrons. The van der Waals surface area contributed by atoms with Gasteiger partial charge in [0.05, 0.1) is 0 Å². The molecule has 0 aromatic heterocycles. The van der Waals surface area contributed by atoms with Crippen LogP contribution in [-0.4, -0.2) is 64.2 Å². The van der Waals surface area contributed by atoms with E-state index in [2.05, 4.69) is 0 Å². The molecule has 1 fully saturated rings. The molecule has 1 aromatic carbocycles. The summed E-state index contributed by atoms with van der Waals surface area (Å²) in [4.78, 5) is 40.3. The fourth-order valence-corrected chi connectivity index (χ4v) is 3.33. The molecule has 1 heterocycles. The van der Waals surface area contributed by atoms with Crippen LogP contribution in [0.15, 0.2) is 30.3 Å². The van der Waals surface area contributed by atoms with Gasteiger partial charge in [-0.2, -0.15) is 0 Å². The van der Waals surface area contributed by atoms with Crippen LogP contribution in [0.2, 0.25) is 0 Å². The van der Waals surface area contributed by atoms with E-state index >= 15 is 0 Å². The normalized spacial score (nSPS) is 18.3. The highest BCUT2D eigenvalue weighted by atomic mass is 16.6. The lowest BCUT2D eigenvalue weighted by atomic mass is 9.98. The molecule has 0 aliphatic carbocycles. The third kappa shape index (κ3) is 5.71. The first-order valence-corrected chi connectivity index (χ1v) is 9.63. The summed E-state index contributed by atoms with van der Waals surface area (Å²) in [6, 6.07) is 7.69. The average molecular weight is 390 g/mol. The van der Waals surface area contributed by atoms with Crippen LogP contribution >= 0.6 is 0 Å². The molecule has 1 aliphatic heterocycles. The Hall–Kier alpha value is -2.57. The van der Waals surface area contributed by atoms with Crippen LogP contribution in [0.25, 0.3) is 0 Å². The number of benzene rings is 1. The Morgan fingerprint density at radius 1 is 1.21 bits per heavy atom. The number of hydrogen-bond donors (Lipinski definition) is 1. The smallest absolute Gasteiger partial charge is 0.410 e. The van der Waals surface area contributed by atoms with Crippen LogP contribution in [0.1, 0.15) is 45.6 Å². The lowest BCUT2D eigenvalue weighted by molar-refractivity contribution is -0.154. The van der Waals surface area contributed by atoms with Crippen molar-refractivity contribution in [2.45, 2.75) is 64.1 Å². The van der Waals surface area contributed by atoms with E-state index in [-0.39, 0.29) is 12.3 Å². The van der Waals surface area contributed by atoms with E-state index in [4.69, 9.17) is 4.74 Å². The number of amides is 2. The molecule has 2 atom stereocenters. The van der Waals surface area contributed by atoms with E-state index in [1.807, 2.05) is 30.3 Å². The van der Waals surface area contributed by atoms with Crippen molar-refractivity contribution in [3.8, 4) is 0 Å².